The van der Waals surface area contributed by atoms with Crippen molar-refractivity contribution in [3.8, 4) is 11.1 Å². The number of rotatable bonds is 16. The SMILES string of the molecule is C=C(CO)C(=O)OCC(COC(=O)C(=C)CO)C1CCC(c2ccc(-c3ccc4cc(CCCCC)ccc4c3)c(CC)c2)CC1. The molecule has 0 aromatic heterocycles. The predicted molar refractivity (Wildman–Crippen MR) is 185 cm³/mol. The summed E-state index contributed by atoms with van der Waals surface area (Å²) in [6.45, 7) is 10.7. The van der Waals surface area contributed by atoms with Crippen LogP contribution in [-0.4, -0.2) is 48.6 Å². The molecule has 0 atom stereocenters. The number of hydrogen-bond acceptors (Lipinski definition) is 6. The van der Waals surface area contributed by atoms with Gasteiger partial charge in [-0.25, -0.2) is 9.59 Å². The number of aryl methyl sites for hydroxylation is 2. The number of aliphatic hydroxyl groups excluding tert-OH is 2. The molecule has 3 aromatic carbocycles. The van der Waals surface area contributed by atoms with E-state index < -0.39 is 25.2 Å². The summed E-state index contributed by atoms with van der Waals surface area (Å²) < 4.78 is 10.8. The number of esters is 2. The van der Waals surface area contributed by atoms with Crippen molar-refractivity contribution in [2.24, 2.45) is 11.8 Å². The van der Waals surface area contributed by atoms with Gasteiger partial charge in [-0.15, -0.1) is 0 Å². The normalized spacial score (nSPS) is 16.4. The van der Waals surface area contributed by atoms with Crippen LogP contribution in [0.1, 0.15) is 81.4 Å². The van der Waals surface area contributed by atoms with E-state index in [9.17, 15) is 19.8 Å². The maximum Gasteiger partial charge on any atom is 0.335 e. The summed E-state index contributed by atoms with van der Waals surface area (Å²) in [5, 5.41) is 21.0. The predicted octanol–water partition coefficient (Wildman–Crippen LogP) is 7.88. The van der Waals surface area contributed by atoms with Gasteiger partial charge in [0.25, 0.3) is 0 Å². The van der Waals surface area contributed by atoms with Gasteiger partial charge in [-0.3, -0.25) is 0 Å². The largest absolute Gasteiger partial charge is 0.462 e. The highest BCUT2D eigenvalue weighted by molar-refractivity contribution is 5.89. The van der Waals surface area contributed by atoms with Gasteiger partial charge in [0.1, 0.15) is 0 Å². The molecule has 246 valence electrons. The number of carbonyl (C=O) groups is 2. The fourth-order valence-electron chi connectivity index (χ4n) is 6.58. The van der Waals surface area contributed by atoms with Gasteiger partial charge < -0.3 is 19.7 Å². The zero-order valence-corrected chi connectivity index (χ0v) is 27.6. The van der Waals surface area contributed by atoms with Gasteiger partial charge in [0.05, 0.1) is 37.6 Å². The van der Waals surface area contributed by atoms with Crippen LogP contribution in [-0.2, 0) is 31.9 Å². The summed E-state index contributed by atoms with van der Waals surface area (Å²) in [6.07, 6.45) is 9.60. The summed E-state index contributed by atoms with van der Waals surface area (Å²) in [5.74, 6) is -0.902. The Hall–Kier alpha value is -3.74. The van der Waals surface area contributed by atoms with Gasteiger partial charge in [0.15, 0.2) is 0 Å². The number of aliphatic hydroxyl groups is 2. The van der Waals surface area contributed by atoms with E-state index in [0.717, 1.165) is 38.5 Å². The second-order valence-electron chi connectivity index (χ2n) is 12.7. The van der Waals surface area contributed by atoms with E-state index in [4.69, 9.17) is 9.47 Å². The molecular weight excluding hydrogens is 576 g/mol. The van der Waals surface area contributed by atoms with Crippen molar-refractivity contribution in [3.63, 3.8) is 0 Å². The smallest absolute Gasteiger partial charge is 0.335 e. The zero-order valence-electron chi connectivity index (χ0n) is 27.6. The van der Waals surface area contributed by atoms with Crippen molar-refractivity contribution < 1.29 is 29.3 Å². The average molecular weight is 627 g/mol. The monoisotopic (exact) mass is 626 g/mol. The highest BCUT2D eigenvalue weighted by atomic mass is 16.5. The highest BCUT2D eigenvalue weighted by Crippen LogP contribution is 2.40. The molecule has 6 nitrogen and oxygen atoms in total. The minimum absolute atomic E-state index is 0.0149. The molecule has 0 unspecified atom stereocenters. The topological polar surface area (TPSA) is 93.1 Å². The number of fused-ring (bicyclic) bond motifs is 1. The van der Waals surface area contributed by atoms with Crippen LogP contribution in [0.25, 0.3) is 21.9 Å². The van der Waals surface area contributed by atoms with Crippen LogP contribution in [0.5, 0.6) is 0 Å². The van der Waals surface area contributed by atoms with E-state index in [2.05, 4.69) is 81.6 Å². The highest BCUT2D eigenvalue weighted by Gasteiger charge is 2.31. The second-order valence-corrected chi connectivity index (χ2v) is 12.7. The third kappa shape index (κ3) is 9.17. The number of carbonyl (C=O) groups excluding carboxylic acids is 2. The van der Waals surface area contributed by atoms with Crippen LogP contribution >= 0.6 is 0 Å². The Morgan fingerprint density at radius 1 is 0.804 bits per heavy atom. The van der Waals surface area contributed by atoms with E-state index in [1.165, 1.54) is 57.9 Å². The lowest BCUT2D eigenvalue weighted by Gasteiger charge is -2.34. The first-order chi connectivity index (χ1) is 22.3. The summed E-state index contributed by atoms with van der Waals surface area (Å²) in [6, 6.07) is 20.6. The van der Waals surface area contributed by atoms with Crippen LogP contribution in [0.3, 0.4) is 0 Å². The minimum Gasteiger partial charge on any atom is -0.462 e. The fourth-order valence-corrected chi connectivity index (χ4v) is 6.58. The van der Waals surface area contributed by atoms with Crippen molar-refractivity contribution in [2.45, 2.75) is 77.6 Å². The van der Waals surface area contributed by atoms with Crippen molar-refractivity contribution in [1.29, 1.82) is 0 Å². The summed E-state index contributed by atoms with van der Waals surface area (Å²) in [7, 11) is 0. The number of hydrogen-bond donors (Lipinski definition) is 2. The molecule has 1 aliphatic carbocycles. The number of benzene rings is 3. The molecule has 0 heterocycles. The first-order valence-electron chi connectivity index (χ1n) is 16.8. The summed E-state index contributed by atoms with van der Waals surface area (Å²) in [5.41, 5.74) is 6.61. The fraction of sp³-hybridized carbons (Fsp3) is 0.450. The maximum absolute atomic E-state index is 12.2. The standard InChI is InChI=1S/C40H50O6/c1-5-7-8-9-29-10-11-35-22-36(17-16-33(35)20-29)38-19-18-34(21-30(38)6-2)31-12-14-32(15-13-31)37(25-45-39(43)27(3)23-41)26-46-40(44)28(4)24-42/h10-11,16-22,31-32,37,41-42H,3-9,12-15,23-26H2,1-2H3. The summed E-state index contributed by atoms with van der Waals surface area (Å²) in [4.78, 5) is 24.3. The van der Waals surface area contributed by atoms with Gasteiger partial charge in [-0.2, -0.15) is 0 Å². The molecule has 0 amide bonds. The van der Waals surface area contributed by atoms with Crippen LogP contribution in [0.15, 0.2) is 78.9 Å². The quantitative estimate of drug-likeness (QED) is 0.0955. The van der Waals surface area contributed by atoms with Crippen LogP contribution in [0, 0.1) is 11.8 Å². The van der Waals surface area contributed by atoms with Crippen LogP contribution in [0.2, 0.25) is 0 Å². The zero-order chi connectivity index (χ0) is 33.1. The molecule has 0 saturated heterocycles. The van der Waals surface area contributed by atoms with Crippen molar-refractivity contribution in [2.75, 3.05) is 26.4 Å². The van der Waals surface area contributed by atoms with E-state index in [1.807, 2.05) is 0 Å². The van der Waals surface area contributed by atoms with E-state index >= 15 is 0 Å². The van der Waals surface area contributed by atoms with Crippen molar-refractivity contribution in [3.05, 3.63) is 95.6 Å². The summed E-state index contributed by atoms with van der Waals surface area (Å²) >= 11 is 0. The Labute approximate surface area is 274 Å². The van der Waals surface area contributed by atoms with Gasteiger partial charge in [0, 0.05) is 5.92 Å². The molecule has 0 aliphatic heterocycles. The molecule has 0 radical (unpaired) electrons. The lowest BCUT2D eigenvalue weighted by molar-refractivity contribution is -0.146. The first kappa shape index (κ1) is 35.1. The minimum atomic E-state index is -0.655. The van der Waals surface area contributed by atoms with Gasteiger partial charge in [0.2, 0.25) is 0 Å². The molecule has 2 N–H and O–H groups in total. The van der Waals surface area contributed by atoms with Crippen molar-refractivity contribution in [1.82, 2.24) is 0 Å². The second kappa shape index (κ2) is 17.3. The Balaban J connectivity index is 1.43. The Morgan fingerprint density at radius 2 is 1.43 bits per heavy atom. The molecule has 0 spiro atoms. The third-order valence-corrected chi connectivity index (χ3v) is 9.52. The van der Waals surface area contributed by atoms with Gasteiger partial charge in [-0.05, 0) is 101 Å². The van der Waals surface area contributed by atoms with Gasteiger partial charge in [-0.1, -0.05) is 88.4 Å². The lowest BCUT2D eigenvalue weighted by atomic mass is 9.73. The van der Waals surface area contributed by atoms with E-state index in [-0.39, 0.29) is 36.2 Å². The number of ether oxygens (including phenoxy) is 2. The van der Waals surface area contributed by atoms with E-state index in [0.29, 0.717) is 5.92 Å². The Morgan fingerprint density at radius 3 is 2.04 bits per heavy atom. The molecule has 1 fully saturated rings. The molecule has 6 heteroatoms. The molecule has 1 aliphatic rings. The van der Waals surface area contributed by atoms with E-state index in [1.54, 1.807) is 0 Å². The Kier molecular flexibility index (Phi) is 13.2. The molecular formula is C40H50O6. The number of unbranched alkanes of at least 4 members (excludes halogenated alkanes) is 2. The third-order valence-electron chi connectivity index (χ3n) is 9.52. The lowest BCUT2D eigenvalue weighted by Crippen LogP contribution is -2.31. The van der Waals surface area contributed by atoms with Crippen LogP contribution < -0.4 is 0 Å². The molecule has 46 heavy (non-hydrogen) atoms. The molecule has 3 aromatic rings. The average Bonchev–Trinajstić information content (AvgIpc) is 3.10. The van der Waals surface area contributed by atoms with Crippen molar-refractivity contribution >= 4 is 22.7 Å². The van der Waals surface area contributed by atoms with Gasteiger partial charge >= 0.3 is 11.9 Å². The van der Waals surface area contributed by atoms with Crippen LogP contribution in [0.4, 0.5) is 0 Å². The molecule has 1 saturated carbocycles. The molecule has 0 bridgehead atoms. The maximum atomic E-state index is 12.2. The first-order valence-corrected chi connectivity index (χ1v) is 16.8. The Bertz CT molecular complexity index is 1480. The molecule has 4 rings (SSSR count).